The van der Waals surface area contributed by atoms with Crippen molar-refractivity contribution in [3.63, 3.8) is 0 Å². The number of methoxy groups -OCH3 is 1. The topological polar surface area (TPSA) is 29.5 Å². The largest absolute Gasteiger partial charge is 0.496 e. The Morgan fingerprint density at radius 2 is 2.15 bits per heavy atom. The molecule has 72 valence electrons. The third-order valence-electron chi connectivity index (χ3n) is 1.72. The highest BCUT2D eigenvalue weighted by atomic mass is 79.9. The van der Waals surface area contributed by atoms with E-state index in [0.29, 0.717) is 15.8 Å². The fraction of sp³-hybridized carbons (Fsp3) is 0.333. The van der Waals surface area contributed by atoms with Gasteiger partial charge in [-0.2, -0.15) is 0 Å². The molecule has 0 bridgehead atoms. The van der Waals surface area contributed by atoms with Crippen LogP contribution in [0.4, 0.5) is 4.39 Å². The number of hydrogen-bond donors (Lipinski definition) is 1. The summed E-state index contributed by atoms with van der Waals surface area (Å²) in [6, 6.07) is 2.75. The molecule has 0 aliphatic rings. The molecule has 2 nitrogen and oxygen atoms in total. The van der Waals surface area contributed by atoms with Crippen LogP contribution in [0.5, 0.6) is 5.75 Å². The SMILES string of the molecule is COc1cc(F)c(Br)cc1[C@@H](C)O. The first-order valence-corrected chi connectivity index (χ1v) is 4.56. The molecule has 0 fully saturated rings. The van der Waals surface area contributed by atoms with Crippen LogP contribution in [0.2, 0.25) is 0 Å². The van der Waals surface area contributed by atoms with E-state index in [1.54, 1.807) is 6.92 Å². The summed E-state index contributed by atoms with van der Waals surface area (Å²) >= 11 is 3.04. The van der Waals surface area contributed by atoms with Crippen LogP contribution in [0, 0.1) is 5.82 Å². The highest BCUT2D eigenvalue weighted by molar-refractivity contribution is 9.10. The van der Waals surface area contributed by atoms with Crippen LogP contribution in [0.3, 0.4) is 0 Å². The summed E-state index contributed by atoms with van der Waals surface area (Å²) in [6.07, 6.45) is -0.674. The monoisotopic (exact) mass is 248 g/mol. The first kappa shape index (κ1) is 10.5. The summed E-state index contributed by atoms with van der Waals surface area (Å²) in [5.74, 6) is -0.0445. The standard InChI is InChI=1S/C9H10BrFO2/c1-5(12)6-3-7(10)8(11)4-9(6)13-2/h3-5,12H,1-2H3/t5-/m1/s1. The van der Waals surface area contributed by atoms with Crippen LogP contribution in [0.1, 0.15) is 18.6 Å². The van der Waals surface area contributed by atoms with Gasteiger partial charge in [-0.25, -0.2) is 4.39 Å². The normalized spacial score (nSPS) is 12.7. The first-order chi connectivity index (χ1) is 6.06. The van der Waals surface area contributed by atoms with Gasteiger partial charge in [-0.1, -0.05) is 0 Å². The van der Waals surface area contributed by atoms with Crippen LogP contribution >= 0.6 is 15.9 Å². The van der Waals surface area contributed by atoms with Crippen molar-refractivity contribution in [2.24, 2.45) is 0 Å². The molecule has 1 aromatic rings. The fourth-order valence-corrected chi connectivity index (χ4v) is 1.41. The number of hydrogen-bond acceptors (Lipinski definition) is 2. The van der Waals surface area contributed by atoms with Crippen molar-refractivity contribution in [1.29, 1.82) is 0 Å². The fourth-order valence-electron chi connectivity index (χ4n) is 1.05. The minimum atomic E-state index is -0.674. The number of rotatable bonds is 2. The molecule has 1 rings (SSSR count). The van der Waals surface area contributed by atoms with Crippen molar-refractivity contribution in [2.45, 2.75) is 13.0 Å². The molecule has 1 aromatic carbocycles. The number of benzene rings is 1. The van der Waals surface area contributed by atoms with Gasteiger partial charge in [-0.05, 0) is 28.9 Å². The molecule has 0 aliphatic carbocycles. The highest BCUT2D eigenvalue weighted by Gasteiger charge is 2.12. The third-order valence-corrected chi connectivity index (χ3v) is 2.33. The number of aliphatic hydroxyl groups is 1. The lowest BCUT2D eigenvalue weighted by molar-refractivity contribution is 0.194. The van der Waals surface area contributed by atoms with Crippen molar-refractivity contribution in [3.05, 3.63) is 28.0 Å². The van der Waals surface area contributed by atoms with E-state index in [4.69, 9.17) is 4.74 Å². The minimum absolute atomic E-state index is 0.323. The Morgan fingerprint density at radius 3 is 2.62 bits per heavy atom. The molecule has 0 heterocycles. The Hall–Kier alpha value is -0.610. The van der Waals surface area contributed by atoms with E-state index in [1.807, 2.05) is 0 Å². The van der Waals surface area contributed by atoms with Gasteiger partial charge in [0, 0.05) is 11.6 Å². The summed E-state index contributed by atoms with van der Waals surface area (Å²) in [7, 11) is 1.44. The molecular weight excluding hydrogens is 239 g/mol. The molecule has 0 amide bonds. The zero-order valence-electron chi connectivity index (χ0n) is 7.34. The highest BCUT2D eigenvalue weighted by Crippen LogP contribution is 2.30. The van der Waals surface area contributed by atoms with Gasteiger partial charge in [-0.3, -0.25) is 0 Å². The molecule has 0 aliphatic heterocycles. The predicted octanol–water partition coefficient (Wildman–Crippen LogP) is 2.65. The molecule has 0 unspecified atom stereocenters. The van der Waals surface area contributed by atoms with Crippen molar-refractivity contribution in [1.82, 2.24) is 0 Å². The summed E-state index contributed by atoms with van der Waals surface area (Å²) in [6.45, 7) is 1.60. The summed E-state index contributed by atoms with van der Waals surface area (Å²) in [4.78, 5) is 0. The zero-order valence-corrected chi connectivity index (χ0v) is 8.93. The van der Waals surface area contributed by atoms with E-state index in [1.165, 1.54) is 19.2 Å². The molecular formula is C9H10BrFO2. The quantitative estimate of drug-likeness (QED) is 0.873. The van der Waals surface area contributed by atoms with Gasteiger partial charge in [-0.15, -0.1) is 0 Å². The first-order valence-electron chi connectivity index (χ1n) is 3.77. The maximum atomic E-state index is 13.0. The Kier molecular flexibility index (Phi) is 3.27. The molecule has 4 heteroatoms. The van der Waals surface area contributed by atoms with E-state index in [9.17, 15) is 9.50 Å². The second kappa shape index (κ2) is 4.07. The second-order valence-electron chi connectivity index (χ2n) is 2.68. The molecule has 1 N–H and O–H groups in total. The summed E-state index contributed by atoms with van der Waals surface area (Å²) in [5.41, 5.74) is 0.566. The molecule has 0 spiro atoms. The number of halogens is 2. The number of aliphatic hydroxyl groups excluding tert-OH is 1. The molecule has 0 aromatic heterocycles. The minimum Gasteiger partial charge on any atom is -0.496 e. The maximum Gasteiger partial charge on any atom is 0.141 e. The van der Waals surface area contributed by atoms with Crippen LogP contribution < -0.4 is 4.74 Å². The van der Waals surface area contributed by atoms with Gasteiger partial charge in [0.2, 0.25) is 0 Å². The third kappa shape index (κ3) is 2.19. The number of ether oxygens (including phenoxy) is 1. The van der Waals surface area contributed by atoms with Crippen LogP contribution in [0.25, 0.3) is 0 Å². The van der Waals surface area contributed by atoms with Crippen LogP contribution in [-0.4, -0.2) is 12.2 Å². The molecule has 13 heavy (non-hydrogen) atoms. The van der Waals surface area contributed by atoms with E-state index >= 15 is 0 Å². The van der Waals surface area contributed by atoms with E-state index in [2.05, 4.69) is 15.9 Å². The predicted molar refractivity (Wildman–Crippen MR) is 51.3 cm³/mol. The van der Waals surface area contributed by atoms with Crippen molar-refractivity contribution < 1.29 is 14.2 Å². The molecule has 0 radical (unpaired) electrons. The van der Waals surface area contributed by atoms with Gasteiger partial charge in [0.05, 0.1) is 17.7 Å². The Labute approximate surface area is 84.5 Å². The lowest BCUT2D eigenvalue weighted by Gasteiger charge is -2.11. The second-order valence-corrected chi connectivity index (χ2v) is 3.54. The summed E-state index contributed by atoms with van der Waals surface area (Å²) in [5, 5.41) is 9.33. The summed E-state index contributed by atoms with van der Waals surface area (Å²) < 4.78 is 18.2. The Morgan fingerprint density at radius 1 is 1.54 bits per heavy atom. The lowest BCUT2D eigenvalue weighted by Crippen LogP contribution is -1.97. The lowest BCUT2D eigenvalue weighted by atomic mass is 10.1. The van der Waals surface area contributed by atoms with Gasteiger partial charge >= 0.3 is 0 Å². The van der Waals surface area contributed by atoms with Crippen molar-refractivity contribution in [2.75, 3.05) is 7.11 Å². The average molecular weight is 249 g/mol. The van der Waals surface area contributed by atoms with Gasteiger partial charge in [0.25, 0.3) is 0 Å². The van der Waals surface area contributed by atoms with E-state index in [-0.39, 0.29) is 0 Å². The smallest absolute Gasteiger partial charge is 0.141 e. The van der Waals surface area contributed by atoms with E-state index in [0.717, 1.165) is 0 Å². The maximum absolute atomic E-state index is 13.0. The van der Waals surface area contributed by atoms with Gasteiger partial charge in [0.15, 0.2) is 0 Å². The molecule has 0 saturated heterocycles. The zero-order chi connectivity index (χ0) is 10.0. The van der Waals surface area contributed by atoms with Crippen molar-refractivity contribution in [3.8, 4) is 5.75 Å². The van der Waals surface area contributed by atoms with E-state index < -0.39 is 11.9 Å². The molecule has 0 saturated carbocycles. The van der Waals surface area contributed by atoms with Crippen molar-refractivity contribution >= 4 is 15.9 Å². The van der Waals surface area contributed by atoms with Gasteiger partial charge in [0.1, 0.15) is 11.6 Å². The molecule has 1 atom stereocenters. The average Bonchev–Trinajstić information content (AvgIpc) is 2.08. The Balaban J connectivity index is 3.25. The van der Waals surface area contributed by atoms with Crippen LogP contribution in [-0.2, 0) is 0 Å². The Bertz CT molecular complexity index is 313. The van der Waals surface area contributed by atoms with Gasteiger partial charge < -0.3 is 9.84 Å². The van der Waals surface area contributed by atoms with Crippen LogP contribution in [0.15, 0.2) is 16.6 Å².